The maximum atomic E-state index is 12.3. The zero-order valence-electron chi connectivity index (χ0n) is 14.4. The smallest absolute Gasteiger partial charge is 0.375 e. The first-order chi connectivity index (χ1) is 11.8. The average molecular weight is 410 g/mol. The van der Waals surface area contributed by atoms with Crippen molar-refractivity contribution in [3.05, 3.63) is 34.0 Å². The molecule has 3 rings (SSSR count). The van der Waals surface area contributed by atoms with Crippen molar-refractivity contribution in [3.8, 4) is 0 Å². The van der Waals surface area contributed by atoms with Crippen molar-refractivity contribution in [1.29, 1.82) is 0 Å². The molecule has 2 heterocycles. The Balaban J connectivity index is 1.66. The van der Waals surface area contributed by atoms with Crippen molar-refractivity contribution in [3.63, 3.8) is 0 Å². The van der Waals surface area contributed by atoms with Gasteiger partial charge in [-0.1, -0.05) is 15.9 Å². The summed E-state index contributed by atoms with van der Waals surface area (Å²) in [4.78, 5) is 26.3. The van der Waals surface area contributed by atoms with E-state index in [1.165, 1.54) is 0 Å². The molecule has 0 aliphatic carbocycles. The van der Waals surface area contributed by atoms with E-state index in [-0.39, 0.29) is 30.5 Å². The zero-order valence-corrected chi connectivity index (χ0v) is 16.0. The topological polar surface area (TPSA) is 69.0 Å². The summed E-state index contributed by atoms with van der Waals surface area (Å²) in [6.45, 7) is 6.31. The number of benzene rings is 1. The van der Waals surface area contributed by atoms with Gasteiger partial charge in [-0.05, 0) is 39.0 Å². The van der Waals surface area contributed by atoms with Crippen LogP contribution in [-0.2, 0) is 14.3 Å². The Morgan fingerprint density at radius 1 is 1.28 bits per heavy atom. The number of hydrogen-bond donors (Lipinski definition) is 0. The highest BCUT2D eigenvalue weighted by Gasteiger charge is 2.27. The molecule has 0 spiro atoms. The maximum Gasteiger partial charge on any atom is 0.375 e. The van der Waals surface area contributed by atoms with Crippen LogP contribution in [-0.4, -0.2) is 48.7 Å². The van der Waals surface area contributed by atoms with Gasteiger partial charge in [0.25, 0.3) is 5.91 Å². The van der Waals surface area contributed by atoms with E-state index in [0.29, 0.717) is 24.2 Å². The van der Waals surface area contributed by atoms with Crippen molar-refractivity contribution in [2.45, 2.75) is 33.0 Å². The summed E-state index contributed by atoms with van der Waals surface area (Å²) in [5.41, 5.74) is 1.30. The van der Waals surface area contributed by atoms with Crippen LogP contribution < -0.4 is 0 Å². The predicted molar refractivity (Wildman–Crippen MR) is 95.5 cm³/mol. The van der Waals surface area contributed by atoms with E-state index in [1.807, 2.05) is 26.0 Å². The normalized spacial score (nSPS) is 20.7. The summed E-state index contributed by atoms with van der Waals surface area (Å²) in [5, 5.41) is 0.837. The van der Waals surface area contributed by atoms with Crippen LogP contribution in [0.25, 0.3) is 11.0 Å². The molecule has 2 atom stereocenters. The molecule has 0 radical (unpaired) electrons. The second-order valence-corrected chi connectivity index (χ2v) is 7.24. The fourth-order valence-corrected chi connectivity index (χ4v) is 3.41. The van der Waals surface area contributed by atoms with Crippen LogP contribution in [0.15, 0.2) is 27.1 Å². The number of rotatable bonds is 3. The van der Waals surface area contributed by atoms with Gasteiger partial charge < -0.3 is 18.8 Å². The number of amides is 1. The lowest BCUT2D eigenvalue weighted by molar-refractivity contribution is -0.146. The summed E-state index contributed by atoms with van der Waals surface area (Å²) in [6.07, 6.45) is -0.0565. The quantitative estimate of drug-likeness (QED) is 0.727. The molecule has 0 unspecified atom stereocenters. The van der Waals surface area contributed by atoms with E-state index >= 15 is 0 Å². The number of ether oxygens (including phenoxy) is 2. The minimum Gasteiger partial charge on any atom is -0.450 e. The molecular weight excluding hydrogens is 390 g/mol. The van der Waals surface area contributed by atoms with Crippen LogP contribution in [0.1, 0.15) is 30.0 Å². The molecule has 0 N–H and O–H groups in total. The lowest BCUT2D eigenvalue weighted by Gasteiger charge is -2.35. The number of esters is 1. The fraction of sp³-hybridized carbons (Fsp3) is 0.444. The minimum atomic E-state index is -0.632. The second kappa shape index (κ2) is 7.17. The molecule has 1 fully saturated rings. The minimum absolute atomic E-state index is 0.0283. The molecule has 0 saturated carbocycles. The number of carbonyl (C=O) groups excluding carboxylic acids is 2. The van der Waals surface area contributed by atoms with E-state index in [2.05, 4.69) is 15.9 Å². The number of furan rings is 1. The Bertz CT molecular complexity index is 805. The summed E-state index contributed by atoms with van der Waals surface area (Å²) in [5.74, 6) is -0.732. The Kier molecular flexibility index (Phi) is 5.15. The van der Waals surface area contributed by atoms with Crippen LogP contribution in [0.2, 0.25) is 0 Å². The highest BCUT2D eigenvalue weighted by atomic mass is 79.9. The molecule has 25 heavy (non-hydrogen) atoms. The van der Waals surface area contributed by atoms with E-state index in [9.17, 15) is 9.59 Å². The lowest BCUT2D eigenvalue weighted by Crippen LogP contribution is -2.49. The van der Waals surface area contributed by atoms with Crippen molar-refractivity contribution < 1.29 is 23.5 Å². The highest BCUT2D eigenvalue weighted by molar-refractivity contribution is 9.10. The molecule has 1 aromatic heterocycles. The maximum absolute atomic E-state index is 12.3. The zero-order chi connectivity index (χ0) is 18.1. The summed E-state index contributed by atoms with van der Waals surface area (Å²) < 4.78 is 17.3. The number of halogens is 1. The number of nitrogens with zero attached hydrogens (tertiary/aromatic N) is 1. The molecule has 1 aliphatic heterocycles. The number of fused-ring (bicyclic) bond motifs is 1. The summed E-state index contributed by atoms with van der Waals surface area (Å²) >= 11 is 3.40. The second-order valence-electron chi connectivity index (χ2n) is 6.33. The van der Waals surface area contributed by atoms with Crippen LogP contribution in [0.3, 0.4) is 0 Å². The Morgan fingerprint density at radius 3 is 2.64 bits per heavy atom. The summed E-state index contributed by atoms with van der Waals surface area (Å²) in [7, 11) is 0. The number of hydrogen-bond acceptors (Lipinski definition) is 5. The SMILES string of the molecule is Cc1c(C(=O)OCC(=O)N2C[C@@H](C)O[C@H](C)C2)oc2ccc(Br)cc12. The van der Waals surface area contributed by atoms with Gasteiger partial charge in [-0.15, -0.1) is 0 Å². The third kappa shape index (κ3) is 3.88. The largest absolute Gasteiger partial charge is 0.450 e. The predicted octanol–water partition coefficient (Wildman–Crippen LogP) is 3.30. The molecular formula is C18H20BrNO5. The van der Waals surface area contributed by atoms with Crippen LogP contribution >= 0.6 is 15.9 Å². The van der Waals surface area contributed by atoms with Gasteiger partial charge in [0.1, 0.15) is 5.58 Å². The van der Waals surface area contributed by atoms with Gasteiger partial charge >= 0.3 is 5.97 Å². The fourth-order valence-electron chi connectivity index (χ4n) is 3.05. The first-order valence-corrected chi connectivity index (χ1v) is 8.93. The third-order valence-corrected chi connectivity index (χ3v) is 4.68. The van der Waals surface area contributed by atoms with E-state index < -0.39 is 5.97 Å². The van der Waals surface area contributed by atoms with Crippen molar-refractivity contribution in [1.82, 2.24) is 4.90 Å². The van der Waals surface area contributed by atoms with Gasteiger partial charge in [0, 0.05) is 28.5 Å². The molecule has 7 heteroatoms. The van der Waals surface area contributed by atoms with E-state index in [4.69, 9.17) is 13.9 Å². The van der Waals surface area contributed by atoms with Gasteiger partial charge in [0.05, 0.1) is 12.2 Å². The van der Waals surface area contributed by atoms with Crippen molar-refractivity contribution in [2.24, 2.45) is 0 Å². The lowest BCUT2D eigenvalue weighted by atomic mass is 10.1. The molecule has 134 valence electrons. The molecule has 2 aromatic rings. The third-order valence-electron chi connectivity index (χ3n) is 4.18. The van der Waals surface area contributed by atoms with Gasteiger partial charge in [-0.2, -0.15) is 0 Å². The molecule has 1 aliphatic rings. The molecule has 0 bridgehead atoms. The first-order valence-electron chi connectivity index (χ1n) is 8.14. The highest BCUT2D eigenvalue weighted by Crippen LogP contribution is 2.28. The number of aryl methyl sites for hydroxylation is 1. The van der Waals surface area contributed by atoms with Gasteiger partial charge in [0.15, 0.2) is 6.61 Å². The molecule has 1 amide bonds. The van der Waals surface area contributed by atoms with E-state index in [0.717, 1.165) is 9.86 Å². The molecule has 6 nitrogen and oxygen atoms in total. The molecule has 1 aromatic carbocycles. The van der Waals surface area contributed by atoms with E-state index in [1.54, 1.807) is 17.9 Å². The van der Waals surface area contributed by atoms with Crippen LogP contribution in [0, 0.1) is 6.92 Å². The molecule has 1 saturated heterocycles. The number of carbonyl (C=O) groups is 2. The van der Waals surface area contributed by atoms with Crippen molar-refractivity contribution >= 4 is 38.8 Å². The monoisotopic (exact) mass is 409 g/mol. The van der Waals surface area contributed by atoms with Crippen molar-refractivity contribution in [2.75, 3.05) is 19.7 Å². The first kappa shape index (κ1) is 17.9. The summed E-state index contributed by atoms with van der Waals surface area (Å²) in [6, 6.07) is 5.50. The Labute approximate surface area is 154 Å². The Morgan fingerprint density at radius 2 is 1.96 bits per heavy atom. The van der Waals surface area contributed by atoms with Gasteiger partial charge in [-0.25, -0.2) is 4.79 Å². The van der Waals surface area contributed by atoms with Gasteiger partial charge in [-0.3, -0.25) is 4.79 Å². The van der Waals surface area contributed by atoms with Crippen LogP contribution in [0.4, 0.5) is 0 Å². The van der Waals surface area contributed by atoms with Crippen LogP contribution in [0.5, 0.6) is 0 Å². The Hall–Kier alpha value is -1.86. The number of morpholine rings is 1. The average Bonchev–Trinajstić information content (AvgIpc) is 2.88. The standard InChI is InChI=1S/C18H20BrNO5/c1-10-7-20(8-11(2)24-10)16(21)9-23-18(22)17-12(3)14-6-13(19)4-5-15(14)25-17/h4-6,10-11H,7-9H2,1-3H3/t10-,11-/m1/s1. The van der Waals surface area contributed by atoms with Gasteiger partial charge in [0.2, 0.25) is 5.76 Å².